The normalized spacial score (nSPS) is 16.4. The van der Waals surface area contributed by atoms with E-state index in [1.165, 1.54) is 7.11 Å². The zero-order valence-corrected chi connectivity index (χ0v) is 19.8. The number of hydrogen-bond acceptors (Lipinski definition) is 6. The minimum atomic E-state index is -0.587. The van der Waals surface area contributed by atoms with Gasteiger partial charge in [-0.15, -0.1) is 0 Å². The molecule has 1 saturated heterocycles. The smallest absolute Gasteiger partial charge is 0.410 e. The van der Waals surface area contributed by atoms with Crippen molar-refractivity contribution in [2.24, 2.45) is 0 Å². The summed E-state index contributed by atoms with van der Waals surface area (Å²) < 4.78 is 19.4. The molecular weight excluding hydrogens is 448 g/mol. The van der Waals surface area contributed by atoms with Crippen molar-refractivity contribution in [1.82, 2.24) is 19.0 Å². The summed E-state index contributed by atoms with van der Waals surface area (Å²) >= 11 is 6.17. The number of likely N-dealkylation sites (tertiary alicyclic amines) is 1. The van der Waals surface area contributed by atoms with Crippen molar-refractivity contribution in [3.63, 3.8) is 0 Å². The van der Waals surface area contributed by atoms with Crippen LogP contribution in [0.4, 0.5) is 4.79 Å². The number of halogens is 1. The fourth-order valence-electron chi connectivity index (χ4n) is 3.97. The molecule has 33 heavy (non-hydrogen) atoms. The van der Waals surface area contributed by atoms with Crippen molar-refractivity contribution < 1.29 is 19.0 Å². The second-order valence-electron chi connectivity index (χ2n) is 8.87. The van der Waals surface area contributed by atoms with Gasteiger partial charge in [0.2, 0.25) is 0 Å². The van der Waals surface area contributed by atoms with Crippen LogP contribution in [-0.2, 0) is 9.47 Å². The van der Waals surface area contributed by atoms with Crippen molar-refractivity contribution in [2.45, 2.75) is 38.8 Å². The number of pyridine rings is 1. The molecule has 0 saturated carbocycles. The lowest BCUT2D eigenvalue weighted by molar-refractivity contribution is 0.0289. The molecule has 0 aliphatic carbocycles. The molecule has 3 aromatic rings. The van der Waals surface area contributed by atoms with Crippen LogP contribution in [-0.4, -0.2) is 57.7 Å². The van der Waals surface area contributed by atoms with E-state index < -0.39 is 5.60 Å². The van der Waals surface area contributed by atoms with Crippen LogP contribution in [0.5, 0.6) is 5.75 Å². The van der Waals surface area contributed by atoms with E-state index in [-0.39, 0.29) is 24.6 Å². The van der Waals surface area contributed by atoms with E-state index in [9.17, 15) is 9.59 Å². The highest BCUT2D eigenvalue weighted by atomic mass is 35.5. The lowest BCUT2D eigenvalue weighted by Crippen LogP contribution is -2.36. The van der Waals surface area contributed by atoms with Crippen LogP contribution in [0.1, 0.15) is 33.2 Å². The highest BCUT2D eigenvalue weighted by Gasteiger charge is 2.33. The van der Waals surface area contributed by atoms with Gasteiger partial charge in [-0.25, -0.2) is 14.6 Å². The van der Waals surface area contributed by atoms with Gasteiger partial charge in [-0.05, 0) is 51.5 Å². The van der Waals surface area contributed by atoms with Crippen molar-refractivity contribution in [1.29, 1.82) is 0 Å². The van der Waals surface area contributed by atoms with Crippen LogP contribution in [0.25, 0.3) is 16.9 Å². The second kappa shape index (κ2) is 9.07. The average Bonchev–Trinajstić information content (AvgIpc) is 3.33. The van der Waals surface area contributed by atoms with Gasteiger partial charge in [0.15, 0.2) is 12.4 Å². The SMILES string of the molecule is COCOc1cc(Cl)ccc1-n1c(=O)n([C@H]2CCN(C(=O)OC(C)(C)C)C2)c2ncccc21. The lowest BCUT2D eigenvalue weighted by atomic mass is 10.2. The van der Waals surface area contributed by atoms with E-state index in [1.807, 2.05) is 26.8 Å². The van der Waals surface area contributed by atoms with Gasteiger partial charge < -0.3 is 19.1 Å². The molecule has 1 amide bonds. The Kier molecular flexibility index (Phi) is 6.36. The van der Waals surface area contributed by atoms with Crippen LogP contribution in [0.2, 0.25) is 5.02 Å². The maximum absolute atomic E-state index is 13.7. The molecular formula is C23H27ClN4O5. The average molecular weight is 475 g/mol. The first-order chi connectivity index (χ1) is 15.7. The largest absolute Gasteiger partial charge is 0.465 e. The number of fused-ring (bicyclic) bond motifs is 1. The number of imidazole rings is 1. The first-order valence-corrected chi connectivity index (χ1v) is 11.0. The number of carbonyl (C=O) groups is 1. The van der Waals surface area contributed by atoms with Gasteiger partial charge in [-0.3, -0.25) is 9.13 Å². The number of rotatable bonds is 5. The van der Waals surface area contributed by atoms with E-state index in [2.05, 4.69) is 4.98 Å². The Balaban J connectivity index is 1.76. The van der Waals surface area contributed by atoms with Crippen molar-refractivity contribution in [3.8, 4) is 11.4 Å². The van der Waals surface area contributed by atoms with Gasteiger partial charge in [-0.1, -0.05) is 11.6 Å². The first kappa shape index (κ1) is 23.1. The third-order valence-corrected chi connectivity index (χ3v) is 5.54. The van der Waals surface area contributed by atoms with Crippen LogP contribution in [0.3, 0.4) is 0 Å². The first-order valence-electron chi connectivity index (χ1n) is 10.7. The quantitative estimate of drug-likeness (QED) is 0.519. The number of carbonyl (C=O) groups excluding carboxylic acids is 1. The van der Waals surface area contributed by atoms with Crippen LogP contribution < -0.4 is 10.4 Å². The Hall–Kier alpha value is -3.04. The highest BCUT2D eigenvalue weighted by Crippen LogP contribution is 2.31. The number of ether oxygens (including phenoxy) is 3. The summed E-state index contributed by atoms with van der Waals surface area (Å²) in [5, 5.41) is 0.476. The summed E-state index contributed by atoms with van der Waals surface area (Å²) in [6.45, 7) is 6.35. The Bertz CT molecular complexity index is 1230. The van der Waals surface area contributed by atoms with Gasteiger partial charge >= 0.3 is 11.8 Å². The maximum Gasteiger partial charge on any atom is 0.410 e. The summed E-state index contributed by atoms with van der Waals surface area (Å²) in [4.78, 5) is 32.4. The predicted molar refractivity (Wildman–Crippen MR) is 124 cm³/mol. The molecule has 10 heteroatoms. The van der Waals surface area contributed by atoms with E-state index in [1.54, 1.807) is 44.5 Å². The van der Waals surface area contributed by atoms with Gasteiger partial charge in [0.1, 0.15) is 11.4 Å². The zero-order chi connectivity index (χ0) is 23.8. The van der Waals surface area contributed by atoms with Crippen LogP contribution in [0, 0.1) is 0 Å². The molecule has 9 nitrogen and oxygen atoms in total. The molecule has 0 spiro atoms. The van der Waals surface area contributed by atoms with Gasteiger partial charge in [-0.2, -0.15) is 0 Å². The Morgan fingerprint density at radius 3 is 2.79 bits per heavy atom. The molecule has 1 fully saturated rings. The third kappa shape index (κ3) is 4.69. The molecule has 1 aliphatic heterocycles. The fraction of sp³-hybridized carbons (Fsp3) is 0.435. The fourth-order valence-corrected chi connectivity index (χ4v) is 4.13. The number of benzene rings is 1. The second-order valence-corrected chi connectivity index (χ2v) is 9.30. The monoisotopic (exact) mass is 474 g/mol. The van der Waals surface area contributed by atoms with E-state index >= 15 is 0 Å². The van der Waals surface area contributed by atoms with Crippen molar-refractivity contribution >= 4 is 28.9 Å². The van der Waals surface area contributed by atoms with Gasteiger partial charge in [0.05, 0.1) is 17.2 Å². The lowest BCUT2D eigenvalue weighted by Gasteiger charge is -2.24. The number of aromatic nitrogens is 3. The topological polar surface area (TPSA) is 87.8 Å². The molecule has 1 atom stereocenters. The summed E-state index contributed by atoms with van der Waals surface area (Å²) in [5.41, 5.74) is 0.829. The minimum Gasteiger partial charge on any atom is -0.465 e. The molecule has 0 bridgehead atoms. The zero-order valence-electron chi connectivity index (χ0n) is 19.1. The molecule has 2 aromatic heterocycles. The predicted octanol–water partition coefficient (Wildman–Crippen LogP) is 4.01. The highest BCUT2D eigenvalue weighted by molar-refractivity contribution is 6.30. The third-order valence-electron chi connectivity index (χ3n) is 5.31. The Labute approximate surface area is 196 Å². The molecule has 0 N–H and O–H groups in total. The molecule has 0 radical (unpaired) electrons. The summed E-state index contributed by atoms with van der Waals surface area (Å²) in [6.07, 6.45) is 1.87. The van der Waals surface area contributed by atoms with Crippen LogP contribution in [0.15, 0.2) is 41.3 Å². The van der Waals surface area contributed by atoms with Crippen LogP contribution >= 0.6 is 11.6 Å². The maximum atomic E-state index is 13.7. The summed E-state index contributed by atoms with van der Waals surface area (Å²) in [6, 6.07) is 8.43. The van der Waals surface area contributed by atoms with E-state index in [0.29, 0.717) is 47.1 Å². The molecule has 176 valence electrons. The van der Waals surface area contributed by atoms with Gasteiger partial charge in [0.25, 0.3) is 0 Å². The van der Waals surface area contributed by atoms with Gasteiger partial charge in [0, 0.05) is 37.5 Å². The molecule has 0 unspecified atom stereocenters. The molecule has 4 rings (SSSR count). The van der Waals surface area contributed by atoms with E-state index in [0.717, 1.165) is 0 Å². The summed E-state index contributed by atoms with van der Waals surface area (Å²) in [5.74, 6) is 0.413. The van der Waals surface area contributed by atoms with Crippen molar-refractivity contribution in [2.75, 3.05) is 27.0 Å². The summed E-state index contributed by atoms with van der Waals surface area (Å²) in [7, 11) is 1.52. The number of methoxy groups -OCH3 is 1. The standard InChI is InChI=1S/C23H27ClN4O5/c1-23(2,3)33-22(30)26-11-9-16(13-26)27-20-18(6-5-10-25-20)28(21(27)29)17-8-7-15(24)12-19(17)32-14-31-4/h5-8,10,12,16H,9,11,13-14H2,1-4H3/t16-/m0/s1. The Morgan fingerprint density at radius 2 is 2.06 bits per heavy atom. The molecule has 3 heterocycles. The molecule has 1 aliphatic rings. The number of amides is 1. The molecule has 1 aromatic carbocycles. The Morgan fingerprint density at radius 1 is 1.27 bits per heavy atom. The number of nitrogens with zero attached hydrogens (tertiary/aromatic N) is 4. The van der Waals surface area contributed by atoms with E-state index in [4.69, 9.17) is 25.8 Å². The minimum absolute atomic E-state index is 0.00641. The van der Waals surface area contributed by atoms with Crippen molar-refractivity contribution in [3.05, 3.63) is 52.0 Å². The number of hydrogen-bond donors (Lipinski definition) is 0.